The summed E-state index contributed by atoms with van der Waals surface area (Å²) in [6, 6.07) is 0. The van der Waals surface area contributed by atoms with E-state index in [1.54, 1.807) is 0 Å². The van der Waals surface area contributed by atoms with E-state index in [2.05, 4.69) is 12.2 Å². The van der Waals surface area contributed by atoms with Crippen LogP contribution in [0.4, 0.5) is 0 Å². The summed E-state index contributed by atoms with van der Waals surface area (Å²) in [5, 5.41) is 3.31. The Balaban J connectivity index is 1.95. The van der Waals surface area contributed by atoms with E-state index in [-0.39, 0.29) is 5.60 Å². The first-order chi connectivity index (χ1) is 4.31. The first kappa shape index (κ1) is 5.69. The summed E-state index contributed by atoms with van der Waals surface area (Å²) in [7, 11) is 0. The van der Waals surface area contributed by atoms with Crippen molar-refractivity contribution in [2.75, 3.05) is 13.1 Å². The lowest BCUT2D eigenvalue weighted by Crippen LogP contribution is -2.50. The standard InChI is InChI=1S/C7H13NO/c1-6-4-7(9-6)2-3-8-5-7/h6,8H,2-5H2,1H3/t6?,7-/m0/s1. The second kappa shape index (κ2) is 1.70. The molecule has 1 spiro atoms. The second-order valence-electron chi connectivity index (χ2n) is 3.24. The third kappa shape index (κ3) is 0.775. The monoisotopic (exact) mass is 127 g/mol. The molecule has 1 N–H and O–H groups in total. The normalized spacial score (nSPS) is 49.7. The number of hydrogen-bond acceptors (Lipinski definition) is 2. The molecular weight excluding hydrogens is 114 g/mol. The molecule has 2 heteroatoms. The molecule has 2 nitrogen and oxygen atoms in total. The zero-order chi connectivity index (χ0) is 6.32. The number of ether oxygens (including phenoxy) is 1. The molecule has 0 aliphatic carbocycles. The Bertz CT molecular complexity index is 110. The lowest BCUT2D eigenvalue weighted by molar-refractivity contribution is -0.184. The molecule has 52 valence electrons. The predicted molar refractivity (Wildman–Crippen MR) is 35.4 cm³/mol. The topological polar surface area (TPSA) is 21.3 Å². The first-order valence-corrected chi connectivity index (χ1v) is 3.69. The summed E-state index contributed by atoms with van der Waals surface area (Å²) in [6.45, 7) is 4.37. The molecule has 0 saturated carbocycles. The van der Waals surface area contributed by atoms with Crippen LogP contribution in [0.3, 0.4) is 0 Å². The fraction of sp³-hybridized carbons (Fsp3) is 1.00. The molecule has 2 fully saturated rings. The minimum atomic E-state index is 0.277. The summed E-state index contributed by atoms with van der Waals surface area (Å²) in [5.74, 6) is 0. The number of rotatable bonds is 0. The molecule has 9 heavy (non-hydrogen) atoms. The highest BCUT2D eigenvalue weighted by Gasteiger charge is 2.45. The average Bonchev–Trinajstić information content (AvgIpc) is 2.12. The quantitative estimate of drug-likeness (QED) is 0.512. The van der Waals surface area contributed by atoms with Gasteiger partial charge in [-0.2, -0.15) is 0 Å². The molecular formula is C7H13NO. The maximum atomic E-state index is 5.62. The van der Waals surface area contributed by atoms with Gasteiger partial charge in [0.2, 0.25) is 0 Å². The van der Waals surface area contributed by atoms with Gasteiger partial charge >= 0.3 is 0 Å². The van der Waals surface area contributed by atoms with Gasteiger partial charge in [0.15, 0.2) is 0 Å². The van der Waals surface area contributed by atoms with Crippen molar-refractivity contribution in [2.45, 2.75) is 31.5 Å². The van der Waals surface area contributed by atoms with Crippen molar-refractivity contribution in [3.63, 3.8) is 0 Å². The van der Waals surface area contributed by atoms with Crippen molar-refractivity contribution in [1.29, 1.82) is 0 Å². The highest BCUT2D eigenvalue weighted by Crippen LogP contribution is 2.36. The molecule has 0 amide bonds. The number of hydrogen-bond donors (Lipinski definition) is 1. The van der Waals surface area contributed by atoms with Crippen LogP contribution in [0.1, 0.15) is 19.8 Å². The van der Waals surface area contributed by atoms with Crippen LogP contribution in [0.2, 0.25) is 0 Å². The van der Waals surface area contributed by atoms with Crippen LogP contribution in [-0.4, -0.2) is 24.8 Å². The van der Waals surface area contributed by atoms with Gasteiger partial charge in [-0.1, -0.05) is 0 Å². The number of nitrogens with one attached hydrogen (secondary N) is 1. The summed E-state index contributed by atoms with van der Waals surface area (Å²) >= 11 is 0. The molecule has 0 aromatic rings. The average molecular weight is 127 g/mol. The molecule has 2 atom stereocenters. The van der Waals surface area contributed by atoms with Gasteiger partial charge < -0.3 is 10.1 Å². The summed E-state index contributed by atoms with van der Waals surface area (Å²) in [4.78, 5) is 0. The fourth-order valence-corrected chi connectivity index (χ4v) is 1.94. The Morgan fingerprint density at radius 2 is 2.44 bits per heavy atom. The molecule has 2 aliphatic heterocycles. The van der Waals surface area contributed by atoms with E-state index < -0.39 is 0 Å². The van der Waals surface area contributed by atoms with Gasteiger partial charge in [0.05, 0.1) is 11.7 Å². The van der Waals surface area contributed by atoms with Crippen molar-refractivity contribution in [3.8, 4) is 0 Å². The molecule has 2 heterocycles. The summed E-state index contributed by atoms with van der Waals surface area (Å²) < 4.78 is 5.62. The summed E-state index contributed by atoms with van der Waals surface area (Å²) in [6.07, 6.45) is 3.00. The fourth-order valence-electron chi connectivity index (χ4n) is 1.94. The van der Waals surface area contributed by atoms with Crippen LogP contribution in [-0.2, 0) is 4.74 Å². The highest BCUT2D eigenvalue weighted by molar-refractivity contribution is 4.97. The van der Waals surface area contributed by atoms with Crippen LogP contribution in [0.25, 0.3) is 0 Å². The Kier molecular flexibility index (Phi) is 1.08. The Hall–Kier alpha value is -0.0800. The van der Waals surface area contributed by atoms with Crippen LogP contribution in [0, 0.1) is 0 Å². The van der Waals surface area contributed by atoms with Crippen molar-refractivity contribution in [2.24, 2.45) is 0 Å². The van der Waals surface area contributed by atoms with Crippen LogP contribution >= 0.6 is 0 Å². The van der Waals surface area contributed by atoms with E-state index >= 15 is 0 Å². The van der Waals surface area contributed by atoms with Gasteiger partial charge in [-0.05, 0) is 19.9 Å². The van der Waals surface area contributed by atoms with E-state index in [1.807, 2.05) is 0 Å². The Labute approximate surface area is 55.6 Å². The zero-order valence-electron chi connectivity index (χ0n) is 5.81. The van der Waals surface area contributed by atoms with Gasteiger partial charge in [0.25, 0.3) is 0 Å². The van der Waals surface area contributed by atoms with Gasteiger partial charge in [-0.15, -0.1) is 0 Å². The largest absolute Gasteiger partial charge is 0.370 e. The maximum absolute atomic E-state index is 5.62. The van der Waals surface area contributed by atoms with E-state index in [0.29, 0.717) is 6.10 Å². The van der Waals surface area contributed by atoms with Crippen LogP contribution in [0.5, 0.6) is 0 Å². The lowest BCUT2D eigenvalue weighted by atomic mass is 9.89. The lowest BCUT2D eigenvalue weighted by Gasteiger charge is -2.43. The molecule has 2 rings (SSSR count). The Morgan fingerprint density at radius 1 is 1.67 bits per heavy atom. The Morgan fingerprint density at radius 3 is 2.89 bits per heavy atom. The van der Waals surface area contributed by atoms with Crippen molar-refractivity contribution in [3.05, 3.63) is 0 Å². The highest BCUT2D eigenvalue weighted by atomic mass is 16.5. The molecule has 0 aromatic heterocycles. The third-order valence-electron chi connectivity index (χ3n) is 2.32. The van der Waals surface area contributed by atoms with Crippen molar-refractivity contribution in [1.82, 2.24) is 5.32 Å². The SMILES string of the molecule is CC1C[C@]2(CCNC2)O1. The van der Waals surface area contributed by atoms with Crippen LogP contribution in [0.15, 0.2) is 0 Å². The van der Waals surface area contributed by atoms with Gasteiger partial charge in [-0.3, -0.25) is 0 Å². The molecule has 2 aliphatic rings. The third-order valence-corrected chi connectivity index (χ3v) is 2.32. The smallest absolute Gasteiger partial charge is 0.0846 e. The van der Waals surface area contributed by atoms with Gasteiger partial charge in [0.1, 0.15) is 0 Å². The first-order valence-electron chi connectivity index (χ1n) is 3.69. The molecule has 0 aromatic carbocycles. The van der Waals surface area contributed by atoms with Crippen molar-refractivity contribution < 1.29 is 4.74 Å². The molecule has 0 bridgehead atoms. The second-order valence-corrected chi connectivity index (χ2v) is 3.24. The van der Waals surface area contributed by atoms with Gasteiger partial charge in [-0.25, -0.2) is 0 Å². The van der Waals surface area contributed by atoms with E-state index in [0.717, 1.165) is 13.1 Å². The zero-order valence-corrected chi connectivity index (χ0v) is 5.81. The van der Waals surface area contributed by atoms with Crippen LogP contribution < -0.4 is 5.32 Å². The minimum absolute atomic E-state index is 0.277. The summed E-state index contributed by atoms with van der Waals surface area (Å²) in [5.41, 5.74) is 0.277. The van der Waals surface area contributed by atoms with E-state index in [4.69, 9.17) is 4.74 Å². The van der Waals surface area contributed by atoms with E-state index in [1.165, 1.54) is 12.8 Å². The molecule has 1 unspecified atom stereocenters. The molecule has 0 radical (unpaired) electrons. The predicted octanol–water partition coefficient (Wildman–Crippen LogP) is 0.527. The van der Waals surface area contributed by atoms with Gasteiger partial charge in [0, 0.05) is 13.0 Å². The minimum Gasteiger partial charge on any atom is -0.370 e. The molecule has 2 saturated heterocycles. The van der Waals surface area contributed by atoms with Crippen molar-refractivity contribution >= 4 is 0 Å². The maximum Gasteiger partial charge on any atom is 0.0846 e. The van der Waals surface area contributed by atoms with E-state index in [9.17, 15) is 0 Å².